The van der Waals surface area contributed by atoms with Gasteiger partial charge in [-0.15, -0.1) is 0 Å². The van der Waals surface area contributed by atoms with Gasteiger partial charge in [0, 0.05) is 24.3 Å². The van der Waals surface area contributed by atoms with Gasteiger partial charge in [-0.3, -0.25) is 4.79 Å². The molecular formula is C8H14BrNO. The molecule has 0 aliphatic heterocycles. The van der Waals surface area contributed by atoms with Crippen LogP contribution in [0.15, 0.2) is 0 Å². The minimum Gasteiger partial charge on any atom is -0.340 e. The zero-order chi connectivity index (χ0) is 8.27. The Hall–Kier alpha value is -0.0500. The van der Waals surface area contributed by atoms with E-state index in [9.17, 15) is 4.79 Å². The van der Waals surface area contributed by atoms with Gasteiger partial charge in [0.2, 0.25) is 5.91 Å². The van der Waals surface area contributed by atoms with E-state index in [-0.39, 0.29) is 0 Å². The van der Waals surface area contributed by atoms with Crippen LogP contribution in [0.2, 0.25) is 0 Å². The Labute approximate surface area is 76.1 Å². The summed E-state index contributed by atoms with van der Waals surface area (Å²) < 4.78 is 0. The third-order valence-electron chi connectivity index (χ3n) is 1.96. The maximum atomic E-state index is 11.4. The lowest BCUT2D eigenvalue weighted by molar-refractivity contribution is -0.131. The molecule has 0 spiro atoms. The van der Waals surface area contributed by atoms with Gasteiger partial charge in [0.05, 0.1) is 0 Å². The highest BCUT2D eigenvalue weighted by Crippen LogP contribution is 2.26. The fourth-order valence-electron chi connectivity index (χ4n) is 1.25. The predicted octanol–water partition coefficient (Wildman–Crippen LogP) is 1.78. The van der Waals surface area contributed by atoms with Crippen molar-refractivity contribution in [2.24, 2.45) is 0 Å². The number of alkyl halides is 1. The van der Waals surface area contributed by atoms with Gasteiger partial charge in [-0.05, 0) is 19.8 Å². The van der Waals surface area contributed by atoms with E-state index in [0.717, 1.165) is 11.9 Å². The van der Waals surface area contributed by atoms with Gasteiger partial charge in [-0.25, -0.2) is 0 Å². The number of hydrogen-bond donors (Lipinski definition) is 0. The van der Waals surface area contributed by atoms with Crippen LogP contribution in [0, 0.1) is 0 Å². The minimum atomic E-state index is 0.298. The number of carbonyl (C=O) groups excluding carboxylic acids is 1. The second-order valence-electron chi connectivity index (χ2n) is 2.85. The summed E-state index contributed by atoms with van der Waals surface area (Å²) in [5, 5.41) is 0.787. The van der Waals surface area contributed by atoms with E-state index in [2.05, 4.69) is 15.9 Å². The van der Waals surface area contributed by atoms with Crippen LogP contribution in [0.25, 0.3) is 0 Å². The largest absolute Gasteiger partial charge is 0.340 e. The molecule has 0 bridgehead atoms. The van der Waals surface area contributed by atoms with Crippen LogP contribution in [-0.4, -0.2) is 28.7 Å². The standard InChI is InChI=1S/C8H14BrNO/c1-2-10(7-3-4-7)8(11)5-6-9/h7H,2-6H2,1H3. The molecule has 0 N–H and O–H groups in total. The van der Waals surface area contributed by atoms with Crippen molar-refractivity contribution in [2.75, 3.05) is 11.9 Å². The Morgan fingerprint density at radius 3 is 2.64 bits per heavy atom. The lowest BCUT2D eigenvalue weighted by Crippen LogP contribution is -2.32. The molecule has 0 radical (unpaired) electrons. The summed E-state index contributed by atoms with van der Waals surface area (Å²) in [6.07, 6.45) is 3.06. The summed E-state index contributed by atoms with van der Waals surface area (Å²) in [6.45, 7) is 2.92. The molecule has 0 heterocycles. The first-order valence-electron chi connectivity index (χ1n) is 4.15. The van der Waals surface area contributed by atoms with E-state index in [1.54, 1.807) is 0 Å². The molecule has 0 saturated heterocycles. The van der Waals surface area contributed by atoms with Crippen molar-refractivity contribution in [1.82, 2.24) is 4.90 Å². The lowest BCUT2D eigenvalue weighted by atomic mass is 10.4. The van der Waals surface area contributed by atoms with Crippen LogP contribution in [0.4, 0.5) is 0 Å². The Bertz CT molecular complexity index is 145. The summed E-state index contributed by atoms with van der Waals surface area (Å²) in [5.74, 6) is 0.298. The highest BCUT2D eigenvalue weighted by Gasteiger charge is 2.30. The van der Waals surface area contributed by atoms with E-state index >= 15 is 0 Å². The molecule has 1 aliphatic rings. The number of hydrogen-bond acceptors (Lipinski definition) is 1. The van der Waals surface area contributed by atoms with Gasteiger partial charge < -0.3 is 4.90 Å². The SMILES string of the molecule is CCN(C(=O)CCBr)C1CC1. The quantitative estimate of drug-likeness (QED) is 0.661. The van der Waals surface area contributed by atoms with Gasteiger partial charge in [-0.2, -0.15) is 0 Å². The molecular weight excluding hydrogens is 206 g/mol. The van der Waals surface area contributed by atoms with Crippen LogP contribution in [-0.2, 0) is 4.79 Å². The molecule has 0 atom stereocenters. The highest BCUT2D eigenvalue weighted by atomic mass is 79.9. The number of carbonyl (C=O) groups is 1. The van der Waals surface area contributed by atoms with Gasteiger partial charge in [-0.1, -0.05) is 15.9 Å². The van der Waals surface area contributed by atoms with E-state index in [0.29, 0.717) is 18.4 Å². The molecule has 1 aliphatic carbocycles. The second kappa shape index (κ2) is 4.10. The topological polar surface area (TPSA) is 20.3 Å². The molecule has 1 rings (SSSR count). The molecule has 0 unspecified atom stereocenters. The molecule has 0 aromatic rings. The minimum absolute atomic E-state index is 0.298. The van der Waals surface area contributed by atoms with Crippen molar-refractivity contribution in [3.8, 4) is 0 Å². The average Bonchev–Trinajstić information content (AvgIpc) is 2.73. The van der Waals surface area contributed by atoms with Crippen molar-refractivity contribution in [2.45, 2.75) is 32.2 Å². The Kier molecular flexibility index (Phi) is 3.37. The summed E-state index contributed by atoms with van der Waals surface area (Å²) in [5.41, 5.74) is 0. The normalized spacial score (nSPS) is 16.5. The van der Waals surface area contributed by atoms with Crippen molar-refractivity contribution in [3.05, 3.63) is 0 Å². The monoisotopic (exact) mass is 219 g/mol. The maximum absolute atomic E-state index is 11.4. The Morgan fingerprint density at radius 1 is 1.64 bits per heavy atom. The van der Waals surface area contributed by atoms with E-state index in [4.69, 9.17) is 0 Å². The van der Waals surface area contributed by atoms with Crippen LogP contribution in [0.5, 0.6) is 0 Å². The van der Waals surface area contributed by atoms with E-state index in [1.807, 2.05) is 11.8 Å². The number of amides is 1. The molecule has 11 heavy (non-hydrogen) atoms. The van der Waals surface area contributed by atoms with Crippen molar-refractivity contribution < 1.29 is 4.79 Å². The van der Waals surface area contributed by atoms with Crippen LogP contribution >= 0.6 is 15.9 Å². The van der Waals surface area contributed by atoms with Gasteiger partial charge in [0.15, 0.2) is 0 Å². The average molecular weight is 220 g/mol. The Morgan fingerprint density at radius 2 is 2.27 bits per heavy atom. The van der Waals surface area contributed by atoms with Gasteiger partial charge in [0.25, 0.3) is 0 Å². The van der Waals surface area contributed by atoms with Gasteiger partial charge >= 0.3 is 0 Å². The molecule has 64 valence electrons. The third-order valence-corrected chi connectivity index (χ3v) is 2.35. The van der Waals surface area contributed by atoms with Crippen LogP contribution in [0.3, 0.4) is 0 Å². The van der Waals surface area contributed by atoms with E-state index < -0.39 is 0 Å². The molecule has 3 heteroatoms. The van der Waals surface area contributed by atoms with Crippen LogP contribution in [0.1, 0.15) is 26.2 Å². The van der Waals surface area contributed by atoms with Crippen LogP contribution < -0.4 is 0 Å². The summed E-state index contributed by atoms with van der Waals surface area (Å²) in [7, 11) is 0. The summed E-state index contributed by atoms with van der Waals surface area (Å²) in [6, 6.07) is 0.576. The predicted molar refractivity (Wildman–Crippen MR) is 48.8 cm³/mol. The zero-order valence-electron chi connectivity index (χ0n) is 6.85. The summed E-state index contributed by atoms with van der Waals surface area (Å²) >= 11 is 3.27. The maximum Gasteiger partial charge on any atom is 0.223 e. The molecule has 2 nitrogen and oxygen atoms in total. The first kappa shape index (κ1) is 9.04. The highest BCUT2D eigenvalue weighted by molar-refractivity contribution is 9.09. The number of rotatable bonds is 4. The van der Waals surface area contributed by atoms with Gasteiger partial charge in [0.1, 0.15) is 0 Å². The first-order chi connectivity index (χ1) is 5.29. The van der Waals surface area contributed by atoms with Crippen molar-refractivity contribution in [3.63, 3.8) is 0 Å². The molecule has 0 aromatic carbocycles. The number of nitrogens with zero attached hydrogens (tertiary/aromatic N) is 1. The fraction of sp³-hybridized carbons (Fsp3) is 0.875. The zero-order valence-corrected chi connectivity index (χ0v) is 8.43. The fourth-order valence-corrected chi connectivity index (χ4v) is 1.59. The molecule has 1 amide bonds. The van der Waals surface area contributed by atoms with Crippen molar-refractivity contribution >= 4 is 21.8 Å². The number of halogens is 1. The Balaban J connectivity index is 2.33. The lowest BCUT2D eigenvalue weighted by Gasteiger charge is -2.19. The smallest absolute Gasteiger partial charge is 0.223 e. The third kappa shape index (κ3) is 2.47. The van der Waals surface area contributed by atoms with Crippen molar-refractivity contribution in [1.29, 1.82) is 0 Å². The molecule has 0 aromatic heterocycles. The second-order valence-corrected chi connectivity index (χ2v) is 3.64. The summed E-state index contributed by atoms with van der Waals surface area (Å²) in [4.78, 5) is 13.3. The molecule has 1 saturated carbocycles. The van der Waals surface area contributed by atoms with E-state index in [1.165, 1.54) is 12.8 Å². The molecule has 1 fully saturated rings. The first-order valence-corrected chi connectivity index (χ1v) is 5.27.